The minimum absolute atomic E-state index is 0.201. The normalized spacial score (nSPS) is 12.6. The number of likely N-dealkylation sites (N-methyl/N-ethyl adjacent to an activating group) is 1. The molecule has 2 heterocycles. The van der Waals surface area contributed by atoms with E-state index in [1.54, 1.807) is 31.3 Å². The molecule has 2 aromatic carbocycles. The summed E-state index contributed by atoms with van der Waals surface area (Å²) in [7, 11) is 1.60. The Morgan fingerprint density at radius 3 is 2.53 bits per heavy atom. The lowest BCUT2D eigenvalue weighted by Gasteiger charge is -2.21. The van der Waals surface area contributed by atoms with Crippen LogP contribution in [0.25, 0.3) is 10.8 Å². The molecule has 0 spiro atoms. The van der Waals surface area contributed by atoms with E-state index in [1.807, 2.05) is 6.07 Å². The van der Waals surface area contributed by atoms with Crippen molar-refractivity contribution in [3.05, 3.63) is 64.1 Å². The predicted octanol–water partition coefficient (Wildman–Crippen LogP) is 1.52. The van der Waals surface area contributed by atoms with Gasteiger partial charge in [0.2, 0.25) is 5.91 Å². The van der Waals surface area contributed by atoms with Gasteiger partial charge in [-0.3, -0.25) is 9.59 Å². The third-order valence-corrected chi connectivity index (χ3v) is 4.81. The van der Waals surface area contributed by atoms with Gasteiger partial charge in [-0.25, -0.2) is 9.48 Å². The highest BCUT2D eigenvalue weighted by Gasteiger charge is 2.19. The van der Waals surface area contributed by atoms with Crippen molar-refractivity contribution in [2.75, 3.05) is 20.3 Å². The maximum absolute atomic E-state index is 12.7. The molecule has 1 amide bonds. The molecule has 0 fully saturated rings. The predicted molar refractivity (Wildman–Crippen MR) is 107 cm³/mol. The largest absolute Gasteiger partial charge is 0.486 e. The summed E-state index contributed by atoms with van der Waals surface area (Å²) in [5, 5.41) is 13.8. The minimum Gasteiger partial charge on any atom is -0.486 e. The van der Waals surface area contributed by atoms with Crippen molar-refractivity contribution in [2.24, 2.45) is 0 Å². The summed E-state index contributed by atoms with van der Waals surface area (Å²) in [6.45, 7) is 0.874. The minimum atomic E-state index is -1.27. The second-order valence-electron chi connectivity index (χ2n) is 6.89. The van der Waals surface area contributed by atoms with E-state index in [9.17, 15) is 19.5 Å². The van der Waals surface area contributed by atoms with Gasteiger partial charge in [0.1, 0.15) is 19.8 Å². The summed E-state index contributed by atoms with van der Waals surface area (Å²) in [6.07, 6.45) is 0. The molecule has 1 aromatic heterocycles. The van der Waals surface area contributed by atoms with Crippen molar-refractivity contribution in [3.8, 4) is 11.5 Å². The Hall–Kier alpha value is -3.88. The summed E-state index contributed by atoms with van der Waals surface area (Å²) in [4.78, 5) is 38.4. The van der Waals surface area contributed by atoms with Crippen molar-refractivity contribution < 1.29 is 24.2 Å². The highest BCUT2D eigenvalue weighted by molar-refractivity contribution is 6.01. The molecular weight excluding hydrogens is 390 g/mol. The van der Waals surface area contributed by atoms with Crippen LogP contribution in [0.4, 0.5) is 0 Å². The Balaban J connectivity index is 1.56. The van der Waals surface area contributed by atoms with Crippen LogP contribution in [0.5, 0.6) is 11.5 Å². The number of amides is 1. The zero-order valence-electron chi connectivity index (χ0n) is 16.2. The molecule has 1 aliphatic rings. The molecule has 0 atom stereocenters. The van der Waals surface area contributed by atoms with Gasteiger partial charge in [-0.15, -0.1) is 0 Å². The number of ether oxygens (including phenoxy) is 2. The number of aromatic carboxylic acids is 1. The van der Waals surface area contributed by atoms with Gasteiger partial charge < -0.3 is 19.5 Å². The van der Waals surface area contributed by atoms with Crippen LogP contribution in [0, 0.1) is 0 Å². The summed E-state index contributed by atoms with van der Waals surface area (Å²) in [5.74, 6) is -0.367. The van der Waals surface area contributed by atoms with Gasteiger partial charge in [-0.05, 0) is 23.8 Å². The van der Waals surface area contributed by atoms with E-state index in [0.717, 1.165) is 10.2 Å². The van der Waals surface area contributed by atoms with Gasteiger partial charge in [0.25, 0.3) is 5.56 Å². The third-order valence-electron chi connectivity index (χ3n) is 4.81. The second kappa shape index (κ2) is 7.86. The van der Waals surface area contributed by atoms with E-state index in [4.69, 9.17) is 9.47 Å². The fourth-order valence-electron chi connectivity index (χ4n) is 3.30. The standard InChI is InChI=1S/C21H19N3O6/c1-23(11-13-6-7-16-17(10-13)30-9-8-29-16)18(25)12-24-20(26)15-5-3-2-4-14(15)19(22-24)21(27)28/h2-7,10H,8-9,11-12H2,1H3,(H,27,28). The maximum Gasteiger partial charge on any atom is 0.357 e. The number of carboxylic acid groups (broad SMARTS) is 1. The lowest BCUT2D eigenvalue weighted by atomic mass is 10.1. The lowest BCUT2D eigenvalue weighted by molar-refractivity contribution is -0.131. The van der Waals surface area contributed by atoms with Crippen molar-refractivity contribution in [1.82, 2.24) is 14.7 Å². The number of benzene rings is 2. The maximum atomic E-state index is 12.7. The van der Waals surface area contributed by atoms with Crippen LogP contribution in [0.15, 0.2) is 47.3 Å². The van der Waals surface area contributed by atoms with Crippen LogP contribution in [0.2, 0.25) is 0 Å². The van der Waals surface area contributed by atoms with Gasteiger partial charge in [0, 0.05) is 19.0 Å². The molecule has 9 heteroatoms. The third kappa shape index (κ3) is 3.69. The van der Waals surface area contributed by atoms with Gasteiger partial charge >= 0.3 is 5.97 Å². The zero-order valence-corrected chi connectivity index (χ0v) is 16.2. The molecule has 0 unspecified atom stereocenters. The number of hydrogen-bond acceptors (Lipinski definition) is 6. The molecule has 4 rings (SSSR count). The molecule has 1 aliphatic heterocycles. The van der Waals surface area contributed by atoms with Crippen molar-refractivity contribution in [2.45, 2.75) is 13.1 Å². The Morgan fingerprint density at radius 1 is 1.10 bits per heavy atom. The highest BCUT2D eigenvalue weighted by atomic mass is 16.6. The molecule has 1 N–H and O–H groups in total. The van der Waals surface area contributed by atoms with E-state index in [2.05, 4.69) is 5.10 Å². The zero-order chi connectivity index (χ0) is 21.3. The topological polar surface area (TPSA) is 111 Å². The van der Waals surface area contributed by atoms with E-state index in [0.29, 0.717) is 24.7 Å². The van der Waals surface area contributed by atoms with Gasteiger partial charge in [0.15, 0.2) is 17.2 Å². The number of carbonyl (C=O) groups is 2. The number of carboxylic acids is 1. The Labute approximate surface area is 171 Å². The van der Waals surface area contributed by atoms with E-state index in [-0.39, 0.29) is 35.5 Å². The lowest BCUT2D eigenvalue weighted by Crippen LogP contribution is -2.35. The van der Waals surface area contributed by atoms with Gasteiger partial charge in [0.05, 0.1) is 5.39 Å². The van der Waals surface area contributed by atoms with Crippen LogP contribution in [0.3, 0.4) is 0 Å². The van der Waals surface area contributed by atoms with Crippen molar-refractivity contribution in [1.29, 1.82) is 0 Å². The molecule has 30 heavy (non-hydrogen) atoms. The fraction of sp³-hybridized carbons (Fsp3) is 0.238. The molecule has 0 saturated carbocycles. The molecule has 154 valence electrons. The molecule has 0 bridgehead atoms. The van der Waals surface area contributed by atoms with Gasteiger partial charge in [-0.1, -0.05) is 24.3 Å². The van der Waals surface area contributed by atoms with Crippen LogP contribution < -0.4 is 15.0 Å². The van der Waals surface area contributed by atoms with E-state index < -0.39 is 11.5 Å². The Morgan fingerprint density at radius 2 is 1.80 bits per heavy atom. The van der Waals surface area contributed by atoms with Crippen LogP contribution in [0.1, 0.15) is 16.1 Å². The van der Waals surface area contributed by atoms with E-state index in [1.165, 1.54) is 17.0 Å². The fourth-order valence-corrected chi connectivity index (χ4v) is 3.30. The summed E-state index contributed by atoms with van der Waals surface area (Å²) >= 11 is 0. The molecule has 0 aliphatic carbocycles. The first-order valence-electron chi connectivity index (χ1n) is 9.29. The van der Waals surface area contributed by atoms with Crippen molar-refractivity contribution >= 4 is 22.6 Å². The first-order valence-corrected chi connectivity index (χ1v) is 9.29. The van der Waals surface area contributed by atoms with Crippen LogP contribution in [-0.4, -0.2) is 51.9 Å². The first-order chi connectivity index (χ1) is 14.4. The second-order valence-corrected chi connectivity index (χ2v) is 6.89. The molecule has 3 aromatic rings. The SMILES string of the molecule is CN(Cc1ccc2c(c1)OCCO2)C(=O)Cn1nc(C(=O)O)c2ccccc2c1=O. The summed E-state index contributed by atoms with van der Waals surface area (Å²) < 4.78 is 11.9. The van der Waals surface area contributed by atoms with Crippen LogP contribution in [-0.2, 0) is 17.9 Å². The number of carbonyl (C=O) groups excluding carboxylic acids is 1. The smallest absolute Gasteiger partial charge is 0.357 e. The average Bonchev–Trinajstić information content (AvgIpc) is 2.75. The quantitative estimate of drug-likeness (QED) is 0.680. The van der Waals surface area contributed by atoms with Crippen LogP contribution >= 0.6 is 0 Å². The Kier molecular flexibility index (Phi) is 5.09. The van der Waals surface area contributed by atoms with Crippen molar-refractivity contribution in [3.63, 3.8) is 0 Å². The highest BCUT2D eigenvalue weighted by Crippen LogP contribution is 2.31. The number of fused-ring (bicyclic) bond motifs is 2. The molecule has 0 saturated heterocycles. The number of nitrogens with zero attached hydrogens (tertiary/aromatic N) is 3. The average molecular weight is 409 g/mol. The van der Waals surface area contributed by atoms with Gasteiger partial charge in [-0.2, -0.15) is 5.10 Å². The summed E-state index contributed by atoms with van der Waals surface area (Å²) in [5.41, 5.74) is 0.0457. The molecule has 0 radical (unpaired) electrons. The number of rotatable bonds is 5. The molecular formula is C21H19N3O6. The Bertz CT molecular complexity index is 1200. The molecule has 9 nitrogen and oxygen atoms in total. The number of aromatic nitrogens is 2. The number of hydrogen-bond donors (Lipinski definition) is 1. The van der Waals surface area contributed by atoms with E-state index >= 15 is 0 Å². The summed E-state index contributed by atoms with van der Waals surface area (Å²) in [6, 6.07) is 11.7. The monoisotopic (exact) mass is 409 g/mol. The first kappa shape index (κ1) is 19.4.